The average molecular weight is 235 g/mol. The van der Waals surface area contributed by atoms with E-state index in [1.165, 1.54) is 25.0 Å². The molecule has 0 saturated carbocycles. The molecule has 2 aliphatic heterocycles. The molecule has 0 amide bonds. The summed E-state index contributed by atoms with van der Waals surface area (Å²) < 4.78 is 7.67. The largest absolute Gasteiger partial charge is 0.381 e. The highest BCUT2D eigenvalue weighted by atomic mass is 16.5. The van der Waals surface area contributed by atoms with Gasteiger partial charge in [-0.05, 0) is 38.3 Å². The molecule has 1 N–H and O–H groups in total. The van der Waals surface area contributed by atoms with Crippen LogP contribution < -0.4 is 5.32 Å². The summed E-state index contributed by atoms with van der Waals surface area (Å²) in [6, 6.07) is 3.23. The standard InChI is InChI=1S/C13H21N3O/c1-2-7-14-12(3-1)13-4-8-15-16(13)11-5-9-17-10-6-11/h4,8,11-12,14H,1-3,5-7,9-10H2/t12-/m1/s1. The first-order chi connectivity index (χ1) is 8.45. The Labute approximate surface area is 102 Å². The van der Waals surface area contributed by atoms with Crippen molar-refractivity contribution in [3.05, 3.63) is 18.0 Å². The van der Waals surface area contributed by atoms with Gasteiger partial charge in [0.25, 0.3) is 0 Å². The molecule has 3 heterocycles. The van der Waals surface area contributed by atoms with Gasteiger partial charge in [0.15, 0.2) is 0 Å². The third-order valence-corrected chi connectivity index (χ3v) is 3.90. The van der Waals surface area contributed by atoms with E-state index in [9.17, 15) is 0 Å². The maximum Gasteiger partial charge on any atom is 0.0566 e. The Hall–Kier alpha value is -0.870. The zero-order chi connectivity index (χ0) is 11.5. The number of hydrogen-bond acceptors (Lipinski definition) is 3. The summed E-state index contributed by atoms with van der Waals surface area (Å²) in [5.41, 5.74) is 1.37. The van der Waals surface area contributed by atoms with Crippen molar-refractivity contribution >= 4 is 0 Å². The van der Waals surface area contributed by atoms with Gasteiger partial charge in [-0.15, -0.1) is 0 Å². The molecule has 2 fully saturated rings. The molecule has 0 aromatic carbocycles. The van der Waals surface area contributed by atoms with Gasteiger partial charge in [0.2, 0.25) is 0 Å². The molecule has 0 spiro atoms. The molecule has 1 atom stereocenters. The molecule has 3 rings (SSSR count). The Morgan fingerprint density at radius 1 is 1.24 bits per heavy atom. The van der Waals surface area contributed by atoms with Gasteiger partial charge in [-0.1, -0.05) is 6.42 Å². The molecule has 1 aromatic rings. The molecule has 1 aromatic heterocycles. The lowest BCUT2D eigenvalue weighted by Crippen LogP contribution is -2.31. The number of aromatic nitrogens is 2. The highest BCUT2D eigenvalue weighted by Gasteiger charge is 2.23. The number of ether oxygens (including phenoxy) is 1. The van der Waals surface area contributed by atoms with Crippen LogP contribution in [0.4, 0.5) is 0 Å². The van der Waals surface area contributed by atoms with Crippen molar-refractivity contribution in [1.82, 2.24) is 15.1 Å². The number of nitrogens with one attached hydrogen (secondary N) is 1. The minimum absolute atomic E-state index is 0.508. The van der Waals surface area contributed by atoms with Gasteiger partial charge in [-0.25, -0.2) is 0 Å². The van der Waals surface area contributed by atoms with Gasteiger partial charge < -0.3 is 10.1 Å². The van der Waals surface area contributed by atoms with Crippen LogP contribution in [-0.4, -0.2) is 29.5 Å². The van der Waals surface area contributed by atoms with Crippen molar-refractivity contribution in [2.45, 2.75) is 44.2 Å². The predicted molar refractivity (Wildman–Crippen MR) is 65.9 cm³/mol. The topological polar surface area (TPSA) is 39.1 Å². The second-order valence-electron chi connectivity index (χ2n) is 5.05. The van der Waals surface area contributed by atoms with Crippen molar-refractivity contribution in [2.24, 2.45) is 0 Å². The maximum absolute atomic E-state index is 5.43. The first-order valence-electron chi connectivity index (χ1n) is 6.80. The summed E-state index contributed by atoms with van der Waals surface area (Å²) in [5, 5.41) is 8.15. The minimum Gasteiger partial charge on any atom is -0.381 e. The Bertz CT molecular complexity index is 319. The van der Waals surface area contributed by atoms with E-state index in [1.807, 2.05) is 6.20 Å². The monoisotopic (exact) mass is 235 g/mol. The number of hydrogen-bond donors (Lipinski definition) is 1. The van der Waals surface area contributed by atoms with E-state index < -0.39 is 0 Å². The molecule has 0 radical (unpaired) electrons. The molecule has 2 aliphatic rings. The van der Waals surface area contributed by atoms with E-state index in [0.29, 0.717) is 12.1 Å². The van der Waals surface area contributed by atoms with E-state index in [2.05, 4.69) is 21.2 Å². The Morgan fingerprint density at radius 2 is 2.12 bits per heavy atom. The fraction of sp³-hybridized carbons (Fsp3) is 0.769. The highest BCUT2D eigenvalue weighted by Crippen LogP contribution is 2.28. The number of piperidine rings is 1. The summed E-state index contributed by atoms with van der Waals surface area (Å²) >= 11 is 0. The molecule has 0 aliphatic carbocycles. The molecule has 4 nitrogen and oxygen atoms in total. The second-order valence-corrected chi connectivity index (χ2v) is 5.05. The Kier molecular flexibility index (Phi) is 3.43. The quantitative estimate of drug-likeness (QED) is 0.852. The van der Waals surface area contributed by atoms with Crippen LogP contribution in [0.25, 0.3) is 0 Å². The van der Waals surface area contributed by atoms with Crippen molar-refractivity contribution in [3.8, 4) is 0 Å². The SMILES string of the molecule is c1cc([C@H]2CCCCN2)n(C2CCOCC2)n1. The number of nitrogens with zero attached hydrogens (tertiary/aromatic N) is 2. The molecule has 94 valence electrons. The van der Waals surface area contributed by atoms with Crippen LogP contribution in [0.15, 0.2) is 12.3 Å². The van der Waals surface area contributed by atoms with E-state index in [0.717, 1.165) is 32.6 Å². The van der Waals surface area contributed by atoms with Crippen LogP contribution in [-0.2, 0) is 4.74 Å². The van der Waals surface area contributed by atoms with E-state index in [1.54, 1.807) is 0 Å². The van der Waals surface area contributed by atoms with Crippen molar-refractivity contribution < 1.29 is 4.74 Å². The normalized spacial score (nSPS) is 27.2. The van der Waals surface area contributed by atoms with Gasteiger partial charge in [0.1, 0.15) is 0 Å². The van der Waals surface area contributed by atoms with Crippen molar-refractivity contribution in [3.63, 3.8) is 0 Å². The molecule has 0 bridgehead atoms. The maximum atomic E-state index is 5.43. The molecule has 0 unspecified atom stereocenters. The first-order valence-corrected chi connectivity index (χ1v) is 6.80. The van der Waals surface area contributed by atoms with Crippen LogP contribution in [0, 0.1) is 0 Å². The van der Waals surface area contributed by atoms with Crippen LogP contribution in [0.5, 0.6) is 0 Å². The Balaban J connectivity index is 1.77. The van der Waals surface area contributed by atoms with Gasteiger partial charge in [0, 0.05) is 25.5 Å². The molecule has 17 heavy (non-hydrogen) atoms. The van der Waals surface area contributed by atoms with E-state index >= 15 is 0 Å². The van der Waals surface area contributed by atoms with Crippen molar-refractivity contribution in [2.75, 3.05) is 19.8 Å². The average Bonchev–Trinajstić information content (AvgIpc) is 2.90. The van der Waals surface area contributed by atoms with Crippen LogP contribution >= 0.6 is 0 Å². The summed E-state index contributed by atoms with van der Waals surface area (Å²) in [6.45, 7) is 2.90. The summed E-state index contributed by atoms with van der Waals surface area (Å²) in [7, 11) is 0. The smallest absolute Gasteiger partial charge is 0.0566 e. The van der Waals surface area contributed by atoms with Gasteiger partial charge in [-0.2, -0.15) is 5.10 Å². The Morgan fingerprint density at radius 3 is 2.88 bits per heavy atom. The highest BCUT2D eigenvalue weighted by molar-refractivity contribution is 5.09. The fourth-order valence-electron chi connectivity index (χ4n) is 2.94. The zero-order valence-electron chi connectivity index (χ0n) is 10.3. The summed E-state index contributed by atoms with van der Waals surface area (Å²) in [5.74, 6) is 0. The predicted octanol–water partition coefficient (Wildman–Crippen LogP) is 2.05. The van der Waals surface area contributed by atoms with Crippen molar-refractivity contribution in [1.29, 1.82) is 0 Å². The number of rotatable bonds is 2. The molecule has 2 saturated heterocycles. The second kappa shape index (κ2) is 5.19. The van der Waals surface area contributed by atoms with E-state index in [-0.39, 0.29) is 0 Å². The molecular weight excluding hydrogens is 214 g/mol. The van der Waals surface area contributed by atoms with Gasteiger partial charge >= 0.3 is 0 Å². The van der Waals surface area contributed by atoms with Crippen LogP contribution in [0.3, 0.4) is 0 Å². The van der Waals surface area contributed by atoms with Gasteiger partial charge in [0.05, 0.1) is 11.7 Å². The fourth-order valence-corrected chi connectivity index (χ4v) is 2.94. The van der Waals surface area contributed by atoms with E-state index in [4.69, 9.17) is 4.74 Å². The lowest BCUT2D eigenvalue weighted by molar-refractivity contribution is 0.0647. The summed E-state index contributed by atoms with van der Waals surface area (Å²) in [4.78, 5) is 0. The van der Waals surface area contributed by atoms with Crippen LogP contribution in [0.1, 0.15) is 49.9 Å². The minimum atomic E-state index is 0.508. The van der Waals surface area contributed by atoms with Gasteiger partial charge in [-0.3, -0.25) is 4.68 Å². The lowest BCUT2D eigenvalue weighted by atomic mass is 10.0. The third-order valence-electron chi connectivity index (χ3n) is 3.90. The first kappa shape index (κ1) is 11.2. The molecule has 4 heteroatoms. The zero-order valence-corrected chi connectivity index (χ0v) is 10.3. The lowest BCUT2D eigenvalue weighted by Gasteiger charge is -2.29. The van der Waals surface area contributed by atoms with Crippen LogP contribution in [0.2, 0.25) is 0 Å². The molecular formula is C13H21N3O. The summed E-state index contributed by atoms with van der Waals surface area (Å²) in [6.07, 6.45) is 8.03. The third kappa shape index (κ3) is 2.38.